The van der Waals surface area contributed by atoms with Gasteiger partial charge in [-0.15, -0.1) is 37.2 Å². The Balaban J connectivity index is 0.000000219. The van der Waals surface area contributed by atoms with E-state index in [2.05, 4.69) is 319 Å². The lowest BCUT2D eigenvalue weighted by Crippen LogP contribution is -2.31. The summed E-state index contributed by atoms with van der Waals surface area (Å²) in [6, 6.07) is 40.1. The number of hydrogen-bond donors (Lipinski definition) is 13. The number of nitro benzene ring substituents is 1. The predicted octanol–water partition coefficient (Wildman–Crippen LogP) is 21.0. The zero-order valence-corrected chi connectivity index (χ0v) is 96.6. The number of phenols is 5. The van der Waals surface area contributed by atoms with Crippen molar-refractivity contribution in [2.75, 3.05) is 85.5 Å². The molecule has 0 saturated carbocycles. The van der Waals surface area contributed by atoms with Crippen molar-refractivity contribution in [1.29, 1.82) is 0 Å². The third-order valence-corrected chi connectivity index (χ3v) is 30.6. The number of aromatic hydroxyl groups is 5. The highest BCUT2D eigenvalue weighted by atomic mass is 127. The Bertz CT molecular complexity index is 5670. The number of phenolic OH excluding ortho intramolecular Hbond substituents is 5. The summed E-state index contributed by atoms with van der Waals surface area (Å²) in [5.74, 6) is 2.43. The number of carboxylic acids is 2. The number of sulfonamides is 1. The lowest BCUT2D eigenvalue weighted by Gasteiger charge is -2.28. The molecule has 0 spiro atoms. The largest absolute Gasteiger partial charge is 0.508 e. The number of nitrogens with zero attached hydrogens (tertiary/aromatic N) is 1. The molecule has 708 valence electrons. The number of nitrogens with one attached hydrogen (secondary N) is 5. The van der Waals surface area contributed by atoms with Crippen LogP contribution in [0.1, 0.15) is 132 Å². The zero-order chi connectivity index (χ0) is 93.4. The van der Waals surface area contributed by atoms with Gasteiger partial charge in [-0.2, -0.15) is 0 Å². The fourth-order valence-electron chi connectivity index (χ4n) is 16.1. The van der Waals surface area contributed by atoms with Crippen molar-refractivity contribution in [2.45, 2.75) is 114 Å². The van der Waals surface area contributed by atoms with Crippen LogP contribution in [0.3, 0.4) is 0 Å². The third-order valence-electron chi connectivity index (χ3n) is 22.0. The second-order valence-corrected chi connectivity index (χ2v) is 44.0. The molecule has 10 aromatic carbocycles. The molecule has 4 heterocycles. The van der Waals surface area contributed by atoms with Gasteiger partial charge in [0.1, 0.15) is 46.0 Å². The van der Waals surface area contributed by atoms with E-state index < -0.39 is 26.9 Å². The molecule has 5 atom stereocenters. The van der Waals surface area contributed by atoms with Gasteiger partial charge in [0.25, 0.3) is 0 Å². The van der Waals surface area contributed by atoms with E-state index in [1.807, 2.05) is 37.3 Å². The number of carboxylic acid groups (broad SMARTS) is 2. The molecule has 0 unspecified atom stereocenters. The molecule has 1 aliphatic carbocycles. The summed E-state index contributed by atoms with van der Waals surface area (Å²) in [5.41, 5.74) is 24.9. The summed E-state index contributed by atoms with van der Waals surface area (Å²) in [6.45, 7) is 5.40. The van der Waals surface area contributed by atoms with Gasteiger partial charge in [0.05, 0.1) is 101 Å². The van der Waals surface area contributed by atoms with Crippen molar-refractivity contribution in [2.24, 2.45) is 0 Å². The number of anilines is 2. The van der Waals surface area contributed by atoms with Gasteiger partial charge in [0.15, 0.2) is 17.2 Å². The number of nitro groups is 1. The molecule has 15 rings (SSSR count). The van der Waals surface area contributed by atoms with E-state index in [4.69, 9.17) is 54.0 Å². The molecule has 4 aliphatic heterocycles. The minimum absolute atomic E-state index is 0. The third kappa shape index (κ3) is 30.7. The van der Waals surface area contributed by atoms with Gasteiger partial charge in [-0.3, -0.25) is 14.8 Å². The summed E-state index contributed by atoms with van der Waals surface area (Å²) >= 11 is 23.0. The second kappa shape index (κ2) is 52.8. The SMILES string of the molecule is COc1c(I)cc(C[C@@H]2CCCc3cc(O)c(N)cc32)cc1I.COc1c(I)cc(C[C@@H]2NCCc3cc(O)c(NS(C)(=O)=O)cc32)cc1I.COc1c(I)cc(C[C@@H]2NCCc3cc(O)c([N+](=O)[O-])cc32)cc1I.COc1c(I)cc(C[C@H]2NCCc3cc(O)c(C)cc32)cc1I.COc1cc2c(cc1O)CCN[C@H]2Cc1cc(I)c(OC)c(I)c1.Cl.Cl.Cl.O=C(O)C(=O)O. The lowest BCUT2D eigenvalue weighted by atomic mass is 9.79. The van der Waals surface area contributed by atoms with Crippen LogP contribution < -0.4 is 60.1 Å². The molecule has 5 aliphatic rings. The van der Waals surface area contributed by atoms with Crippen molar-refractivity contribution in [1.82, 2.24) is 21.3 Å². The standard InChI is InChI=1S/C18H20I2N2O4S.C18H19I2NO3.2C18H19I2NO2.C17H16I2N2O4.C2H2O4.3ClH/c1-26-18-13(19)5-10(6-14(18)20)7-15-12-9-16(22-27(2,24)25)17(23)8-11(12)3-4-21-15;1-23-17-9-12-11(8-16(17)22)3-4-21-15(12)7-10-5-13(19)18(24-2)14(20)6-10;1-10-5-13-12(9-17(10)22)3-4-21-16(13)8-11-6-14(19)18(23-2)15(20)7-11;1-23-18-14(19)6-10(7-15(18)20)5-11-3-2-4-12-8-17(22)16(21)9-13(11)12;1-25-17-12(18)4-9(5-13(17)19)6-14-11-8-15(21(23)24)16(22)7-10(11)2-3-20-14;3-1(4)2(5)6;;;/h5-6,8-9,15,21-23H,3-4,7H2,1-2H3;5-6,8-9,15,21-22H,3-4,7H2,1-2H3;5-7,9,16,21-22H,3-4,8H2,1-2H3;6-9,11,22H,2-5,21H2,1H3;4-5,7-8,14,20,22H,2-3,6H2,1H3;(H,3,4)(H,5,6);3*1H/t2*15-;16-;11-;14-;;;;/m00100..../s1. The number of aryl methyl sites for hydroxylation is 2. The van der Waals surface area contributed by atoms with Gasteiger partial charge >= 0.3 is 17.6 Å². The number of nitrogens with two attached hydrogens (primary N) is 1. The van der Waals surface area contributed by atoms with E-state index in [0.29, 0.717) is 29.5 Å². The average molecular weight is 3000 g/mol. The summed E-state index contributed by atoms with van der Waals surface area (Å²) in [7, 11) is 6.58. The number of aliphatic carboxylic acids is 2. The highest BCUT2D eigenvalue weighted by Gasteiger charge is 2.31. The maximum Gasteiger partial charge on any atom is 0.414 e. The van der Waals surface area contributed by atoms with Crippen LogP contribution in [0.25, 0.3) is 0 Å². The number of halogens is 13. The van der Waals surface area contributed by atoms with Crippen molar-refractivity contribution in [3.63, 3.8) is 0 Å². The van der Waals surface area contributed by atoms with Crippen LogP contribution in [-0.4, -0.2) is 136 Å². The van der Waals surface area contributed by atoms with Gasteiger partial charge < -0.3 is 91.2 Å². The average Bonchev–Trinajstić information content (AvgIpc) is 0.807. The van der Waals surface area contributed by atoms with E-state index in [0.717, 1.165) is 201 Å². The Hall–Kier alpha value is -4.10. The summed E-state index contributed by atoms with van der Waals surface area (Å²) < 4.78 is 69.0. The van der Waals surface area contributed by atoms with Crippen LogP contribution in [0.15, 0.2) is 121 Å². The number of nitrogen functional groups attached to an aromatic ring is 1. The predicted molar refractivity (Wildman–Crippen MR) is 603 cm³/mol. The van der Waals surface area contributed by atoms with Gasteiger partial charge in [0.2, 0.25) is 10.0 Å². The van der Waals surface area contributed by atoms with Crippen molar-refractivity contribution in [3.8, 4) is 63.2 Å². The number of hydrogen-bond acceptors (Lipinski definition) is 22. The summed E-state index contributed by atoms with van der Waals surface area (Å²) in [5, 5.41) is 89.9. The van der Waals surface area contributed by atoms with Gasteiger partial charge in [0, 0.05) is 30.2 Å². The Morgan fingerprint density at radius 1 is 0.412 bits per heavy atom. The minimum Gasteiger partial charge on any atom is -0.508 e. The Kier molecular flexibility index (Phi) is 45.9. The van der Waals surface area contributed by atoms with Crippen LogP contribution in [0.2, 0.25) is 0 Å². The number of ether oxygens (including phenoxy) is 6. The Morgan fingerprint density at radius 3 is 1.04 bits per heavy atom. The molecule has 0 radical (unpaired) electrons. The molecule has 26 nitrogen and oxygen atoms in total. The Labute approximate surface area is 916 Å². The fraction of sp³-hybridized carbons (Fsp3) is 0.319. The first-order valence-electron chi connectivity index (χ1n) is 39.9. The highest BCUT2D eigenvalue weighted by molar-refractivity contribution is 14.1. The zero-order valence-electron chi connectivity index (χ0n) is 71.7. The molecular weight excluding hydrogens is 2900 g/mol. The van der Waals surface area contributed by atoms with Crippen molar-refractivity contribution >= 4 is 302 Å². The van der Waals surface area contributed by atoms with E-state index in [1.54, 1.807) is 54.8 Å². The van der Waals surface area contributed by atoms with Crippen LogP contribution >= 0.6 is 263 Å². The van der Waals surface area contributed by atoms with Crippen LogP contribution in [0.5, 0.6) is 63.2 Å². The number of carbonyl (C=O) groups is 2. The first kappa shape index (κ1) is 114. The molecule has 0 aromatic heterocycles. The minimum atomic E-state index is -3.47. The molecule has 0 saturated heterocycles. The van der Waals surface area contributed by atoms with Crippen molar-refractivity contribution < 1.29 is 87.1 Å². The number of methoxy groups -OCH3 is 6. The van der Waals surface area contributed by atoms with E-state index in [-0.39, 0.29) is 95.8 Å². The molecule has 10 aromatic rings. The number of fused-ring (bicyclic) bond motifs is 5. The van der Waals surface area contributed by atoms with Gasteiger partial charge in [-0.1, -0.05) is 6.07 Å². The number of rotatable bonds is 19. The fourth-order valence-corrected chi connectivity index (χ4v) is 28.4. The second-order valence-electron chi connectivity index (χ2n) is 30.6. The molecular formula is C91H98Cl3I10N7O19S. The van der Waals surface area contributed by atoms with Crippen molar-refractivity contribution in [3.05, 3.63) is 256 Å². The van der Waals surface area contributed by atoms with Crippen LogP contribution in [-0.2, 0) is 83.8 Å². The molecule has 0 bridgehead atoms. The normalized spacial score (nSPS) is 15.9. The smallest absolute Gasteiger partial charge is 0.414 e. The van der Waals surface area contributed by atoms with E-state index in [1.165, 1.54) is 67.8 Å². The number of benzene rings is 10. The maximum atomic E-state index is 11.6. The van der Waals surface area contributed by atoms with Crippen LogP contribution in [0, 0.1) is 52.7 Å². The first-order chi connectivity index (χ1) is 60.7. The summed E-state index contributed by atoms with van der Waals surface area (Å²) in [6.07, 6.45) is 12.1. The molecule has 131 heavy (non-hydrogen) atoms. The van der Waals surface area contributed by atoms with Gasteiger partial charge in [-0.25, -0.2) is 18.0 Å². The highest BCUT2D eigenvalue weighted by Crippen LogP contribution is 2.45. The molecule has 14 N–H and O–H groups in total. The Morgan fingerprint density at radius 2 is 0.710 bits per heavy atom. The molecule has 40 heteroatoms. The maximum absolute atomic E-state index is 11.6. The van der Waals surface area contributed by atoms with E-state index >= 15 is 0 Å². The van der Waals surface area contributed by atoms with Crippen LogP contribution in [0.4, 0.5) is 17.1 Å². The summed E-state index contributed by atoms with van der Waals surface area (Å²) in [4.78, 5) is 28.8. The lowest BCUT2D eigenvalue weighted by molar-refractivity contribution is -0.386. The molecule has 0 fully saturated rings. The first-order valence-corrected chi connectivity index (χ1v) is 52.6. The van der Waals surface area contributed by atoms with E-state index in [9.17, 15) is 44.1 Å². The molecule has 0 amide bonds. The van der Waals surface area contributed by atoms with Gasteiger partial charge in [-0.05, 0) is 540 Å². The topological polar surface area (TPSA) is 395 Å². The monoisotopic (exact) mass is 3000 g/mol. The quantitative estimate of drug-likeness (QED) is 0.00893.